The molecule has 2 aliphatic heterocycles. The normalized spacial score (nSPS) is 17.6. The SMILES string of the molecule is O=c1occ(CN2CCN(c3ccc(F)cc3)CC2)c(O)c1CN1CCN(c2ccccn2)CC1. The topological polar surface area (TPSA) is 76.3 Å². The molecule has 0 spiro atoms. The lowest BCUT2D eigenvalue weighted by Crippen LogP contribution is -2.46. The van der Waals surface area contributed by atoms with Crippen LogP contribution in [0.2, 0.25) is 0 Å². The lowest BCUT2D eigenvalue weighted by atomic mass is 10.1. The van der Waals surface area contributed by atoms with Crippen LogP contribution in [0.3, 0.4) is 0 Å². The van der Waals surface area contributed by atoms with Crippen LogP contribution in [0, 0.1) is 5.82 Å². The minimum atomic E-state index is -0.487. The Morgan fingerprint density at radius 3 is 2.17 bits per heavy atom. The van der Waals surface area contributed by atoms with Gasteiger partial charge in [0, 0.05) is 82.9 Å². The van der Waals surface area contributed by atoms with Crippen LogP contribution in [0.1, 0.15) is 11.1 Å². The van der Waals surface area contributed by atoms with Crippen molar-refractivity contribution in [3.63, 3.8) is 0 Å². The molecule has 2 saturated heterocycles. The molecular formula is C26H30FN5O3. The van der Waals surface area contributed by atoms with Crippen LogP contribution in [0.25, 0.3) is 0 Å². The maximum Gasteiger partial charge on any atom is 0.343 e. The van der Waals surface area contributed by atoms with Crippen LogP contribution in [-0.2, 0) is 13.1 Å². The number of anilines is 2. The van der Waals surface area contributed by atoms with Crippen molar-refractivity contribution in [1.82, 2.24) is 14.8 Å². The van der Waals surface area contributed by atoms with Crippen molar-refractivity contribution in [3.8, 4) is 5.75 Å². The highest BCUT2D eigenvalue weighted by molar-refractivity contribution is 5.46. The zero-order valence-corrected chi connectivity index (χ0v) is 19.6. The zero-order chi connectivity index (χ0) is 24.2. The minimum Gasteiger partial charge on any atom is -0.507 e. The maximum absolute atomic E-state index is 13.2. The summed E-state index contributed by atoms with van der Waals surface area (Å²) in [6, 6.07) is 12.4. The van der Waals surface area contributed by atoms with E-state index in [4.69, 9.17) is 4.42 Å². The van der Waals surface area contributed by atoms with Crippen molar-refractivity contribution < 1.29 is 13.9 Å². The fourth-order valence-corrected chi connectivity index (χ4v) is 4.75. The van der Waals surface area contributed by atoms with E-state index in [1.807, 2.05) is 18.2 Å². The zero-order valence-electron chi connectivity index (χ0n) is 19.6. The molecule has 184 valence electrons. The van der Waals surface area contributed by atoms with E-state index in [-0.39, 0.29) is 11.6 Å². The Bertz CT molecular complexity index is 1170. The number of rotatable bonds is 6. The summed E-state index contributed by atoms with van der Waals surface area (Å²) < 4.78 is 18.5. The molecule has 2 fully saturated rings. The van der Waals surface area contributed by atoms with Crippen LogP contribution in [-0.4, -0.2) is 72.2 Å². The molecule has 0 aliphatic carbocycles. The molecule has 8 nitrogen and oxygen atoms in total. The second-order valence-corrected chi connectivity index (χ2v) is 9.07. The third-order valence-electron chi connectivity index (χ3n) is 6.83. The van der Waals surface area contributed by atoms with Gasteiger partial charge in [-0.1, -0.05) is 6.07 Å². The molecular weight excluding hydrogens is 449 g/mol. The Labute approximate surface area is 203 Å². The molecule has 2 aromatic heterocycles. The molecule has 1 aromatic carbocycles. The van der Waals surface area contributed by atoms with Gasteiger partial charge in [-0.3, -0.25) is 9.80 Å². The van der Waals surface area contributed by atoms with Crippen molar-refractivity contribution in [3.05, 3.63) is 82.3 Å². The number of hydrogen-bond donors (Lipinski definition) is 1. The van der Waals surface area contributed by atoms with Crippen molar-refractivity contribution >= 4 is 11.5 Å². The molecule has 1 N–H and O–H groups in total. The smallest absolute Gasteiger partial charge is 0.343 e. The fraction of sp³-hybridized carbons (Fsp3) is 0.385. The Morgan fingerprint density at radius 2 is 1.51 bits per heavy atom. The van der Waals surface area contributed by atoms with E-state index >= 15 is 0 Å². The van der Waals surface area contributed by atoms with Gasteiger partial charge in [0.05, 0.1) is 5.56 Å². The lowest BCUT2D eigenvalue weighted by Gasteiger charge is -2.36. The van der Waals surface area contributed by atoms with Crippen LogP contribution < -0.4 is 15.4 Å². The lowest BCUT2D eigenvalue weighted by molar-refractivity contribution is 0.233. The number of aromatic nitrogens is 1. The molecule has 0 saturated carbocycles. The van der Waals surface area contributed by atoms with Gasteiger partial charge in [0.2, 0.25) is 0 Å². The molecule has 0 bridgehead atoms. The van der Waals surface area contributed by atoms with Crippen molar-refractivity contribution in [2.24, 2.45) is 0 Å². The summed E-state index contributed by atoms with van der Waals surface area (Å²) in [7, 11) is 0. The average molecular weight is 480 g/mol. The summed E-state index contributed by atoms with van der Waals surface area (Å²) in [6.45, 7) is 7.21. The van der Waals surface area contributed by atoms with Crippen LogP contribution in [0.15, 0.2) is 64.1 Å². The number of aromatic hydroxyl groups is 1. The van der Waals surface area contributed by atoms with E-state index in [0.717, 1.165) is 63.9 Å². The van der Waals surface area contributed by atoms with Gasteiger partial charge in [0.1, 0.15) is 23.6 Å². The highest BCUT2D eigenvalue weighted by Crippen LogP contribution is 2.25. The summed E-state index contributed by atoms with van der Waals surface area (Å²) >= 11 is 0. The molecule has 5 rings (SSSR count). The molecule has 0 radical (unpaired) electrons. The molecule has 35 heavy (non-hydrogen) atoms. The Hall–Kier alpha value is -3.43. The highest BCUT2D eigenvalue weighted by atomic mass is 19.1. The number of piperazine rings is 2. The first kappa shape index (κ1) is 23.3. The third-order valence-corrected chi connectivity index (χ3v) is 6.83. The van der Waals surface area contributed by atoms with Crippen LogP contribution in [0.5, 0.6) is 5.75 Å². The molecule has 0 unspecified atom stereocenters. The predicted octanol–water partition coefficient (Wildman–Crippen LogP) is 2.52. The van der Waals surface area contributed by atoms with Gasteiger partial charge in [-0.25, -0.2) is 14.2 Å². The quantitative estimate of drug-likeness (QED) is 0.578. The Balaban J connectivity index is 1.18. The maximum atomic E-state index is 13.2. The monoisotopic (exact) mass is 479 g/mol. The first-order chi connectivity index (χ1) is 17.1. The van der Waals surface area contributed by atoms with Crippen molar-refractivity contribution in [1.29, 1.82) is 0 Å². The van der Waals surface area contributed by atoms with Crippen molar-refractivity contribution in [2.45, 2.75) is 13.1 Å². The van der Waals surface area contributed by atoms with Gasteiger partial charge < -0.3 is 19.3 Å². The second kappa shape index (κ2) is 10.5. The van der Waals surface area contributed by atoms with E-state index in [1.165, 1.54) is 18.4 Å². The number of hydrogen-bond acceptors (Lipinski definition) is 8. The summed E-state index contributed by atoms with van der Waals surface area (Å²) in [4.78, 5) is 25.7. The van der Waals surface area contributed by atoms with E-state index in [1.54, 1.807) is 18.3 Å². The first-order valence-corrected chi connectivity index (χ1v) is 12.0. The molecule has 0 atom stereocenters. The predicted molar refractivity (Wildman–Crippen MR) is 132 cm³/mol. The largest absolute Gasteiger partial charge is 0.507 e. The Kier molecular flexibility index (Phi) is 6.96. The van der Waals surface area contributed by atoms with E-state index < -0.39 is 5.63 Å². The average Bonchev–Trinajstić information content (AvgIpc) is 2.90. The Morgan fingerprint density at radius 1 is 0.857 bits per heavy atom. The molecule has 2 aliphatic rings. The third kappa shape index (κ3) is 5.47. The van der Waals surface area contributed by atoms with Gasteiger partial charge in [0.15, 0.2) is 0 Å². The van der Waals surface area contributed by atoms with E-state index in [2.05, 4.69) is 24.6 Å². The summed E-state index contributed by atoms with van der Waals surface area (Å²) in [6.07, 6.45) is 3.17. The van der Waals surface area contributed by atoms with Gasteiger partial charge in [0.25, 0.3) is 0 Å². The molecule has 0 amide bonds. The summed E-state index contributed by atoms with van der Waals surface area (Å²) in [5, 5.41) is 10.9. The van der Waals surface area contributed by atoms with Gasteiger partial charge in [-0.15, -0.1) is 0 Å². The number of halogens is 1. The fourth-order valence-electron chi connectivity index (χ4n) is 4.75. The van der Waals surface area contributed by atoms with Crippen LogP contribution in [0.4, 0.5) is 15.9 Å². The summed E-state index contributed by atoms with van der Waals surface area (Å²) in [5.74, 6) is 0.754. The first-order valence-electron chi connectivity index (χ1n) is 12.0. The highest BCUT2D eigenvalue weighted by Gasteiger charge is 2.24. The summed E-state index contributed by atoms with van der Waals surface area (Å²) in [5.41, 5.74) is 1.46. The molecule has 3 aromatic rings. The molecule has 9 heteroatoms. The number of nitrogens with zero attached hydrogens (tertiary/aromatic N) is 5. The van der Waals surface area contributed by atoms with Crippen molar-refractivity contribution in [2.75, 3.05) is 62.2 Å². The number of pyridine rings is 1. The van der Waals surface area contributed by atoms with Gasteiger partial charge >= 0.3 is 5.63 Å². The standard InChI is InChI=1S/C26H30FN5O3/c27-21-4-6-22(7-5-21)31-13-9-29(10-14-31)17-20-19-35-26(34)23(25(20)33)18-30-11-15-32(16-12-30)24-3-1-2-8-28-24/h1-8,19,33H,9-18H2. The number of benzene rings is 1. The van der Waals surface area contributed by atoms with Gasteiger partial charge in [-0.05, 0) is 36.4 Å². The van der Waals surface area contributed by atoms with E-state index in [0.29, 0.717) is 24.2 Å². The minimum absolute atomic E-state index is 0.0365. The van der Waals surface area contributed by atoms with Gasteiger partial charge in [-0.2, -0.15) is 0 Å². The molecule has 4 heterocycles. The second-order valence-electron chi connectivity index (χ2n) is 9.07. The van der Waals surface area contributed by atoms with Crippen LogP contribution >= 0.6 is 0 Å². The van der Waals surface area contributed by atoms with E-state index in [9.17, 15) is 14.3 Å².